The van der Waals surface area contributed by atoms with Gasteiger partial charge < -0.3 is 28.5 Å². The fourth-order valence-corrected chi connectivity index (χ4v) is 13.1. The van der Waals surface area contributed by atoms with Crippen LogP contribution in [0.15, 0.2) is 36.5 Å². The number of esters is 2. The first kappa shape index (κ1) is 93.5. The molecule has 566 valence electrons. The van der Waals surface area contributed by atoms with Crippen LogP contribution in [0.3, 0.4) is 0 Å². The molecule has 0 radical (unpaired) electrons. The van der Waals surface area contributed by atoms with E-state index in [-0.39, 0.29) is 38.2 Å². The number of quaternary nitrogens is 1. The number of hydrogen-bond donors (Lipinski definition) is 1. The summed E-state index contributed by atoms with van der Waals surface area (Å²) in [5.74, 6) is -1.97. The van der Waals surface area contributed by atoms with Crippen LogP contribution in [0.4, 0.5) is 0 Å². The minimum Gasteiger partial charge on any atom is -0.477 e. The second-order valence-electron chi connectivity index (χ2n) is 30.5. The van der Waals surface area contributed by atoms with Crippen LogP contribution >= 0.6 is 0 Å². The van der Waals surface area contributed by atoms with E-state index in [2.05, 4.69) is 50.3 Å². The topological polar surface area (TPSA) is 108 Å². The normalized spacial score (nSPS) is 12.7. The summed E-state index contributed by atoms with van der Waals surface area (Å²) < 4.78 is 23.1. The Labute approximate surface area is 598 Å². The lowest BCUT2D eigenvalue weighted by Crippen LogP contribution is -2.40. The molecule has 96 heavy (non-hydrogen) atoms. The third-order valence-corrected chi connectivity index (χ3v) is 19.6. The van der Waals surface area contributed by atoms with Gasteiger partial charge >= 0.3 is 17.9 Å². The lowest BCUT2D eigenvalue weighted by molar-refractivity contribution is -0.870. The number of carbonyl (C=O) groups excluding carboxylic acids is 2. The fourth-order valence-electron chi connectivity index (χ4n) is 13.1. The van der Waals surface area contributed by atoms with Crippen molar-refractivity contribution in [2.75, 3.05) is 47.5 Å². The summed E-state index contributed by atoms with van der Waals surface area (Å²) in [6, 6.07) is 0. The average molecular weight is 1350 g/mol. The van der Waals surface area contributed by atoms with Crippen molar-refractivity contribution < 1.29 is 42.9 Å². The summed E-state index contributed by atoms with van der Waals surface area (Å²) in [7, 11) is 6.00. The van der Waals surface area contributed by atoms with Gasteiger partial charge in [-0.1, -0.05) is 416 Å². The third-order valence-electron chi connectivity index (χ3n) is 19.6. The molecule has 0 aliphatic heterocycles. The maximum atomic E-state index is 13.0. The van der Waals surface area contributed by atoms with Gasteiger partial charge in [-0.2, -0.15) is 0 Å². The SMILES string of the molecule is CCCCCCC/C=C\C/C=C\C/C=C\CCCCCCCCCCCCCCCCCCCCCCCCC(=O)OC(COC(=O)CCCCCCCCCCCCCCCCCCCCCCCCCCCCCCCCCCCC)COC(OCC[N+](C)(C)C)C(=O)O. The van der Waals surface area contributed by atoms with E-state index in [9.17, 15) is 19.5 Å². The zero-order valence-electron chi connectivity index (χ0n) is 65.1. The van der Waals surface area contributed by atoms with Crippen LogP contribution in [-0.2, 0) is 33.3 Å². The standard InChI is InChI=1S/C87H165NO8/c1-6-8-10-12-14-16-18-20-22-24-26-28-30-32-34-36-38-40-42-43-44-46-48-50-52-54-56-58-60-62-64-66-68-70-72-74-76-78-85(90)96-83(82-95-87(86(91)92)93-80-79-88(3,4)5)81-94-84(89)77-75-73-71-69-67-65-63-61-59-57-55-53-51-49-47-45-41-39-37-35-33-31-29-27-25-23-21-19-17-15-13-11-9-7-2/h18,20,24,26,30,32,83,87H,6-17,19,21-23,25,27-29,31,33-82H2,1-5H3/p+1/b20-18-,26-24-,32-30-. The highest BCUT2D eigenvalue weighted by Gasteiger charge is 2.25. The minimum absolute atomic E-state index is 0.174. The predicted octanol–water partition coefficient (Wildman–Crippen LogP) is 27.4. The number of carbonyl (C=O) groups is 3. The number of hydrogen-bond acceptors (Lipinski definition) is 7. The second kappa shape index (κ2) is 78.2. The number of rotatable bonds is 81. The summed E-state index contributed by atoms with van der Waals surface area (Å²) >= 11 is 0. The lowest BCUT2D eigenvalue weighted by Gasteiger charge is -2.25. The van der Waals surface area contributed by atoms with Gasteiger partial charge in [0, 0.05) is 12.8 Å². The molecule has 9 nitrogen and oxygen atoms in total. The predicted molar refractivity (Wildman–Crippen MR) is 415 cm³/mol. The number of carboxylic acids is 1. The largest absolute Gasteiger partial charge is 0.477 e. The molecule has 0 aromatic heterocycles. The van der Waals surface area contributed by atoms with Crippen LogP contribution in [0, 0.1) is 0 Å². The zero-order chi connectivity index (χ0) is 69.7. The number of aliphatic carboxylic acids is 1. The molecule has 0 saturated heterocycles. The molecule has 1 N–H and O–H groups in total. The van der Waals surface area contributed by atoms with Crippen molar-refractivity contribution in [1.82, 2.24) is 0 Å². The Hall–Kier alpha value is -2.49. The maximum absolute atomic E-state index is 13.0. The van der Waals surface area contributed by atoms with E-state index >= 15 is 0 Å². The average Bonchev–Trinajstić information content (AvgIpc) is 2.74. The van der Waals surface area contributed by atoms with Crippen molar-refractivity contribution in [1.29, 1.82) is 0 Å². The molecule has 0 aromatic rings. The second-order valence-corrected chi connectivity index (χ2v) is 30.5. The van der Waals surface area contributed by atoms with E-state index in [4.69, 9.17) is 18.9 Å². The minimum atomic E-state index is -1.51. The Morgan fingerprint density at radius 2 is 0.562 bits per heavy atom. The number of likely N-dealkylation sites (N-methyl/N-ethyl adjacent to an activating group) is 1. The third kappa shape index (κ3) is 78.8. The van der Waals surface area contributed by atoms with Crippen molar-refractivity contribution in [2.24, 2.45) is 0 Å². The molecule has 9 heteroatoms. The van der Waals surface area contributed by atoms with Crippen LogP contribution < -0.4 is 0 Å². The van der Waals surface area contributed by atoms with Crippen molar-refractivity contribution in [3.05, 3.63) is 36.5 Å². The first-order valence-electron chi connectivity index (χ1n) is 42.7. The molecule has 2 unspecified atom stereocenters. The van der Waals surface area contributed by atoms with Crippen LogP contribution in [-0.4, -0.2) is 87.4 Å². The molecule has 0 saturated carbocycles. The lowest BCUT2D eigenvalue weighted by atomic mass is 10.0. The van der Waals surface area contributed by atoms with Gasteiger partial charge in [0.05, 0.1) is 34.4 Å². The van der Waals surface area contributed by atoms with Gasteiger partial charge in [0.1, 0.15) is 13.2 Å². The van der Waals surface area contributed by atoms with Crippen LogP contribution in [0.1, 0.15) is 444 Å². The molecular formula is C87H166NO8+. The van der Waals surface area contributed by atoms with Crippen molar-refractivity contribution >= 4 is 17.9 Å². The highest BCUT2D eigenvalue weighted by Crippen LogP contribution is 2.21. The summed E-state index contributed by atoms with van der Waals surface area (Å²) in [6.45, 7) is 4.96. The van der Waals surface area contributed by atoms with E-state index in [0.29, 0.717) is 17.4 Å². The van der Waals surface area contributed by atoms with Gasteiger partial charge in [0.2, 0.25) is 0 Å². The Kier molecular flexibility index (Phi) is 76.2. The first-order valence-corrected chi connectivity index (χ1v) is 42.7. The number of nitrogens with zero attached hydrogens (tertiary/aromatic N) is 1. The monoisotopic (exact) mass is 1350 g/mol. The first-order chi connectivity index (χ1) is 47.1. The molecule has 0 fully saturated rings. The van der Waals surface area contributed by atoms with Gasteiger partial charge in [-0.3, -0.25) is 9.59 Å². The summed E-state index contributed by atoms with van der Waals surface area (Å²) in [5, 5.41) is 9.78. The van der Waals surface area contributed by atoms with Crippen molar-refractivity contribution in [3.8, 4) is 0 Å². The molecule has 2 atom stereocenters. The van der Waals surface area contributed by atoms with E-state index in [1.54, 1.807) is 0 Å². The number of carboxylic acid groups (broad SMARTS) is 1. The van der Waals surface area contributed by atoms with Gasteiger partial charge in [0.15, 0.2) is 6.10 Å². The Morgan fingerprint density at radius 1 is 0.312 bits per heavy atom. The van der Waals surface area contributed by atoms with Gasteiger partial charge in [-0.15, -0.1) is 0 Å². The van der Waals surface area contributed by atoms with E-state index in [1.165, 1.54) is 366 Å². The molecule has 0 aromatic carbocycles. The highest BCUT2D eigenvalue weighted by molar-refractivity contribution is 5.71. The molecule has 0 amide bonds. The number of allylic oxidation sites excluding steroid dienone is 6. The maximum Gasteiger partial charge on any atom is 0.361 e. The molecular weight excluding hydrogens is 1190 g/mol. The highest BCUT2D eigenvalue weighted by atomic mass is 16.7. The summed E-state index contributed by atoms with van der Waals surface area (Å²) in [4.78, 5) is 37.8. The van der Waals surface area contributed by atoms with Crippen LogP contribution in [0.25, 0.3) is 0 Å². The van der Waals surface area contributed by atoms with Gasteiger partial charge in [0.25, 0.3) is 6.29 Å². The molecule has 0 bridgehead atoms. The van der Waals surface area contributed by atoms with Gasteiger partial charge in [-0.25, -0.2) is 4.79 Å². The van der Waals surface area contributed by atoms with Gasteiger partial charge in [-0.05, 0) is 51.4 Å². The summed E-state index contributed by atoms with van der Waals surface area (Å²) in [5.41, 5.74) is 0. The molecule has 0 rings (SSSR count). The van der Waals surface area contributed by atoms with Crippen molar-refractivity contribution in [3.63, 3.8) is 0 Å². The molecule has 0 aliphatic carbocycles. The molecule has 0 heterocycles. The number of unbranched alkanes of at least 4 members (excludes halogenated alkanes) is 60. The molecule has 0 spiro atoms. The number of ether oxygens (including phenoxy) is 4. The van der Waals surface area contributed by atoms with Crippen LogP contribution in [0.2, 0.25) is 0 Å². The van der Waals surface area contributed by atoms with E-state index in [1.807, 2.05) is 21.1 Å². The van der Waals surface area contributed by atoms with E-state index < -0.39 is 18.4 Å². The Bertz CT molecular complexity index is 1670. The smallest absolute Gasteiger partial charge is 0.361 e. The fraction of sp³-hybridized carbons (Fsp3) is 0.897. The quantitative estimate of drug-likeness (QED) is 0.0211. The van der Waals surface area contributed by atoms with Crippen LogP contribution in [0.5, 0.6) is 0 Å². The van der Waals surface area contributed by atoms with E-state index in [0.717, 1.165) is 51.4 Å². The summed E-state index contributed by atoms with van der Waals surface area (Å²) in [6.07, 6.45) is 99.0. The zero-order valence-corrected chi connectivity index (χ0v) is 65.1. The molecule has 0 aliphatic rings. The Balaban J connectivity index is 3.93. The Morgan fingerprint density at radius 3 is 0.833 bits per heavy atom. The van der Waals surface area contributed by atoms with Crippen molar-refractivity contribution in [2.45, 2.75) is 456 Å².